The van der Waals surface area contributed by atoms with Crippen LogP contribution in [0.15, 0.2) is 24.4 Å². The van der Waals surface area contributed by atoms with Crippen LogP contribution < -0.4 is 0 Å². The van der Waals surface area contributed by atoms with Crippen LogP contribution in [0.2, 0.25) is 0 Å². The number of aromatic nitrogens is 2. The fourth-order valence-corrected chi connectivity index (χ4v) is 1.25. The first-order valence-electron chi connectivity index (χ1n) is 4.13. The SMILES string of the molecule is Cc1cnc(-c2cc(F)cc(F)c2)[nH]1. The van der Waals surface area contributed by atoms with Crippen LogP contribution >= 0.6 is 0 Å². The van der Waals surface area contributed by atoms with Gasteiger partial charge in [-0.15, -0.1) is 0 Å². The van der Waals surface area contributed by atoms with E-state index in [0.29, 0.717) is 11.4 Å². The van der Waals surface area contributed by atoms with Crippen molar-refractivity contribution in [1.29, 1.82) is 0 Å². The molecule has 0 amide bonds. The predicted octanol–water partition coefficient (Wildman–Crippen LogP) is 2.66. The number of aromatic amines is 1. The zero-order valence-electron chi connectivity index (χ0n) is 7.51. The van der Waals surface area contributed by atoms with E-state index in [1.807, 2.05) is 6.92 Å². The molecule has 0 aliphatic rings. The van der Waals surface area contributed by atoms with Crippen molar-refractivity contribution in [1.82, 2.24) is 9.97 Å². The van der Waals surface area contributed by atoms with Crippen LogP contribution in [-0.4, -0.2) is 9.97 Å². The number of benzene rings is 1. The molecule has 0 fully saturated rings. The first kappa shape index (κ1) is 8.87. The number of hydrogen-bond acceptors (Lipinski definition) is 1. The standard InChI is InChI=1S/C10H8F2N2/c1-6-5-13-10(14-6)7-2-8(11)4-9(12)3-7/h2-5H,1H3,(H,13,14). The predicted molar refractivity (Wildman–Crippen MR) is 48.7 cm³/mol. The zero-order chi connectivity index (χ0) is 10.1. The van der Waals surface area contributed by atoms with Gasteiger partial charge in [-0.3, -0.25) is 0 Å². The molecule has 0 saturated heterocycles. The smallest absolute Gasteiger partial charge is 0.137 e. The number of nitrogens with one attached hydrogen (secondary N) is 1. The molecule has 0 radical (unpaired) electrons. The second kappa shape index (κ2) is 3.21. The molecule has 1 aromatic heterocycles. The van der Waals surface area contributed by atoms with Gasteiger partial charge in [0.15, 0.2) is 0 Å². The molecular weight excluding hydrogens is 186 g/mol. The highest BCUT2D eigenvalue weighted by molar-refractivity contribution is 5.55. The fraction of sp³-hybridized carbons (Fsp3) is 0.100. The van der Waals surface area contributed by atoms with Crippen molar-refractivity contribution in [2.24, 2.45) is 0 Å². The molecule has 4 heteroatoms. The average Bonchev–Trinajstić information content (AvgIpc) is 2.50. The molecular formula is C10H8F2N2. The summed E-state index contributed by atoms with van der Waals surface area (Å²) in [5.41, 5.74) is 1.26. The third kappa shape index (κ3) is 1.64. The lowest BCUT2D eigenvalue weighted by molar-refractivity contribution is 0.584. The number of imidazole rings is 1. The van der Waals surface area contributed by atoms with Gasteiger partial charge in [0.2, 0.25) is 0 Å². The molecule has 1 heterocycles. The summed E-state index contributed by atoms with van der Waals surface area (Å²) in [5, 5.41) is 0. The Morgan fingerprint density at radius 2 is 1.79 bits per heavy atom. The topological polar surface area (TPSA) is 28.7 Å². The fourth-order valence-electron chi connectivity index (χ4n) is 1.25. The van der Waals surface area contributed by atoms with E-state index in [1.54, 1.807) is 6.20 Å². The second-order valence-corrected chi connectivity index (χ2v) is 3.07. The first-order chi connectivity index (χ1) is 6.65. The molecule has 2 aromatic rings. The lowest BCUT2D eigenvalue weighted by Crippen LogP contribution is -1.85. The van der Waals surface area contributed by atoms with Gasteiger partial charge in [0.1, 0.15) is 17.5 Å². The van der Waals surface area contributed by atoms with E-state index in [4.69, 9.17) is 0 Å². The lowest BCUT2D eigenvalue weighted by atomic mass is 10.2. The van der Waals surface area contributed by atoms with Crippen molar-refractivity contribution in [3.05, 3.63) is 41.7 Å². The molecule has 0 aliphatic carbocycles. The van der Waals surface area contributed by atoms with E-state index in [9.17, 15) is 8.78 Å². The minimum atomic E-state index is -0.603. The highest BCUT2D eigenvalue weighted by atomic mass is 19.1. The van der Waals surface area contributed by atoms with Crippen LogP contribution in [-0.2, 0) is 0 Å². The van der Waals surface area contributed by atoms with Gasteiger partial charge >= 0.3 is 0 Å². The summed E-state index contributed by atoms with van der Waals surface area (Å²) in [5.74, 6) is -0.732. The summed E-state index contributed by atoms with van der Waals surface area (Å²) in [7, 11) is 0. The minimum absolute atomic E-state index is 0.413. The number of aryl methyl sites for hydroxylation is 1. The van der Waals surface area contributed by atoms with Crippen LogP contribution in [0.25, 0.3) is 11.4 Å². The van der Waals surface area contributed by atoms with Crippen LogP contribution in [0, 0.1) is 18.6 Å². The molecule has 0 bridgehead atoms. The van der Waals surface area contributed by atoms with Crippen LogP contribution in [0.3, 0.4) is 0 Å². The summed E-state index contributed by atoms with van der Waals surface area (Å²) in [6.07, 6.45) is 1.61. The van der Waals surface area contributed by atoms with Crippen molar-refractivity contribution in [3.63, 3.8) is 0 Å². The summed E-state index contributed by atoms with van der Waals surface area (Å²) < 4.78 is 25.7. The zero-order valence-corrected chi connectivity index (χ0v) is 7.51. The Morgan fingerprint density at radius 1 is 1.14 bits per heavy atom. The number of halogens is 2. The monoisotopic (exact) mass is 194 g/mol. The van der Waals surface area contributed by atoms with Crippen LogP contribution in [0.4, 0.5) is 8.78 Å². The van der Waals surface area contributed by atoms with Crippen molar-refractivity contribution in [3.8, 4) is 11.4 Å². The van der Waals surface area contributed by atoms with Crippen molar-refractivity contribution < 1.29 is 8.78 Å². The molecule has 0 atom stereocenters. The highest BCUT2D eigenvalue weighted by Crippen LogP contribution is 2.18. The average molecular weight is 194 g/mol. The van der Waals surface area contributed by atoms with Crippen molar-refractivity contribution in [2.75, 3.05) is 0 Å². The Bertz CT molecular complexity index is 443. The summed E-state index contributed by atoms with van der Waals surface area (Å²) in [6.45, 7) is 1.83. The quantitative estimate of drug-likeness (QED) is 0.742. The maximum absolute atomic E-state index is 12.8. The normalized spacial score (nSPS) is 10.5. The number of H-pyrrole nitrogens is 1. The van der Waals surface area contributed by atoms with Crippen LogP contribution in [0.5, 0.6) is 0 Å². The third-order valence-electron chi connectivity index (χ3n) is 1.84. The Hall–Kier alpha value is -1.71. The molecule has 0 spiro atoms. The van der Waals surface area contributed by atoms with E-state index < -0.39 is 11.6 Å². The first-order valence-corrected chi connectivity index (χ1v) is 4.13. The third-order valence-corrected chi connectivity index (χ3v) is 1.84. The molecule has 72 valence electrons. The van der Waals surface area contributed by atoms with E-state index >= 15 is 0 Å². The van der Waals surface area contributed by atoms with E-state index in [1.165, 1.54) is 12.1 Å². The van der Waals surface area contributed by atoms with Gasteiger partial charge in [-0.1, -0.05) is 0 Å². The molecule has 2 nitrogen and oxygen atoms in total. The van der Waals surface area contributed by atoms with Gasteiger partial charge in [0.05, 0.1) is 0 Å². The maximum Gasteiger partial charge on any atom is 0.137 e. The molecule has 1 aromatic carbocycles. The summed E-state index contributed by atoms with van der Waals surface area (Å²) >= 11 is 0. The largest absolute Gasteiger partial charge is 0.342 e. The van der Waals surface area contributed by atoms with Gasteiger partial charge in [0, 0.05) is 23.5 Å². The molecule has 2 rings (SSSR count). The van der Waals surface area contributed by atoms with Gasteiger partial charge in [-0.2, -0.15) is 0 Å². The molecule has 0 unspecified atom stereocenters. The van der Waals surface area contributed by atoms with Crippen molar-refractivity contribution >= 4 is 0 Å². The van der Waals surface area contributed by atoms with Crippen molar-refractivity contribution in [2.45, 2.75) is 6.92 Å². The maximum atomic E-state index is 12.8. The number of rotatable bonds is 1. The van der Waals surface area contributed by atoms with E-state index in [2.05, 4.69) is 9.97 Å². The van der Waals surface area contributed by atoms with Gasteiger partial charge in [0.25, 0.3) is 0 Å². The Kier molecular flexibility index (Phi) is 2.04. The minimum Gasteiger partial charge on any atom is -0.342 e. The summed E-state index contributed by atoms with van der Waals surface area (Å²) in [6, 6.07) is 3.31. The Labute approximate surface area is 79.6 Å². The highest BCUT2D eigenvalue weighted by Gasteiger charge is 2.05. The summed E-state index contributed by atoms with van der Waals surface area (Å²) in [4.78, 5) is 6.88. The molecule has 14 heavy (non-hydrogen) atoms. The molecule has 1 N–H and O–H groups in total. The lowest BCUT2D eigenvalue weighted by Gasteiger charge is -1.97. The van der Waals surface area contributed by atoms with Gasteiger partial charge < -0.3 is 4.98 Å². The van der Waals surface area contributed by atoms with Gasteiger partial charge in [-0.05, 0) is 19.1 Å². The van der Waals surface area contributed by atoms with Crippen LogP contribution in [0.1, 0.15) is 5.69 Å². The molecule has 0 saturated carbocycles. The number of nitrogens with zero attached hydrogens (tertiary/aromatic N) is 1. The van der Waals surface area contributed by atoms with E-state index in [0.717, 1.165) is 11.8 Å². The number of hydrogen-bond donors (Lipinski definition) is 1. The van der Waals surface area contributed by atoms with Gasteiger partial charge in [-0.25, -0.2) is 13.8 Å². The molecule has 0 aliphatic heterocycles. The Morgan fingerprint density at radius 3 is 2.29 bits per heavy atom. The second-order valence-electron chi connectivity index (χ2n) is 3.07. The Balaban J connectivity index is 2.51. The van der Waals surface area contributed by atoms with E-state index in [-0.39, 0.29) is 0 Å².